The number of benzene rings is 2. The van der Waals surface area contributed by atoms with Gasteiger partial charge < -0.3 is 0 Å². The highest BCUT2D eigenvalue weighted by Gasteiger charge is 2.38. The Balaban J connectivity index is 0.000000399. The van der Waals surface area contributed by atoms with Gasteiger partial charge in [0.2, 0.25) is 0 Å². The molecule has 0 saturated heterocycles. The van der Waals surface area contributed by atoms with Crippen LogP contribution in [0.4, 0.5) is 65.9 Å². The summed E-state index contributed by atoms with van der Waals surface area (Å²) >= 11 is 0. The fraction of sp³-hybridized carbons (Fsp3) is 0.238. The zero-order valence-corrected chi connectivity index (χ0v) is 17.7. The second kappa shape index (κ2) is 11.1. The lowest BCUT2D eigenvalue weighted by atomic mass is 10.0. The Morgan fingerprint density at radius 2 is 0.789 bits per heavy atom. The van der Waals surface area contributed by atoms with Crippen LogP contribution in [0.2, 0.25) is 0 Å². The predicted octanol–water partition coefficient (Wildman–Crippen LogP) is 8.41. The van der Waals surface area contributed by atoms with Gasteiger partial charge in [0.15, 0.2) is 0 Å². The SMILES string of the molecule is O=C(/C=C/c1cc(C(F)(F)F)cc(C(F)(F)F)c1)C(F)(F)F.O=Cc1cc(C(F)(F)F)cc(C(F)(F)F)c1. The van der Waals surface area contributed by atoms with E-state index in [9.17, 15) is 75.4 Å². The minimum absolute atomic E-state index is 0.0347. The van der Waals surface area contributed by atoms with Crippen LogP contribution in [0.1, 0.15) is 38.2 Å². The van der Waals surface area contributed by atoms with Gasteiger partial charge in [-0.2, -0.15) is 65.9 Å². The molecule has 0 spiro atoms. The summed E-state index contributed by atoms with van der Waals surface area (Å²) in [4.78, 5) is 20.8. The third kappa shape index (κ3) is 9.74. The first-order valence-electron chi connectivity index (χ1n) is 9.19. The van der Waals surface area contributed by atoms with Crippen molar-refractivity contribution in [2.45, 2.75) is 30.9 Å². The molecule has 0 aromatic heterocycles. The summed E-state index contributed by atoms with van der Waals surface area (Å²) in [5.74, 6) is -2.40. The van der Waals surface area contributed by atoms with Crippen LogP contribution in [0.5, 0.6) is 0 Å². The molecular weight excluding hydrogens is 569 g/mol. The zero-order valence-electron chi connectivity index (χ0n) is 17.7. The monoisotopic (exact) mass is 578 g/mol. The number of alkyl halides is 15. The van der Waals surface area contributed by atoms with E-state index in [-0.39, 0.29) is 42.7 Å². The first kappa shape index (κ1) is 32.5. The molecule has 0 aliphatic carbocycles. The van der Waals surface area contributed by atoms with Crippen molar-refractivity contribution < 1.29 is 75.4 Å². The number of rotatable bonds is 3. The van der Waals surface area contributed by atoms with Crippen LogP contribution >= 0.6 is 0 Å². The minimum atomic E-state index is -5.27. The van der Waals surface area contributed by atoms with E-state index in [1.165, 1.54) is 0 Å². The third-order valence-corrected chi connectivity index (χ3v) is 4.06. The fourth-order valence-corrected chi connectivity index (χ4v) is 2.39. The largest absolute Gasteiger partial charge is 0.454 e. The molecule has 0 saturated carbocycles. The van der Waals surface area contributed by atoms with Crippen molar-refractivity contribution in [2.75, 3.05) is 0 Å². The Morgan fingerprint density at radius 3 is 1.03 bits per heavy atom. The van der Waals surface area contributed by atoms with Crippen LogP contribution in [-0.2, 0) is 29.5 Å². The predicted molar refractivity (Wildman–Crippen MR) is 98.4 cm³/mol. The molecule has 38 heavy (non-hydrogen) atoms. The first-order chi connectivity index (χ1) is 16.9. The third-order valence-electron chi connectivity index (χ3n) is 4.06. The molecule has 2 aromatic rings. The number of halogens is 15. The summed E-state index contributed by atoms with van der Waals surface area (Å²) in [6, 6.07) is 0.922. The Bertz CT molecular complexity index is 1110. The molecule has 0 fully saturated rings. The van der Waals surface area contributed by atoms with Crippen LogP contribution in [0.3, 0.4) is 0 Å². The van der Waals surface area contributed by atoms with Gasteiger partial charge in [-0.05, 0) is 48.0 Å². The van der Waals surface area contributed by atoms with Gasteiger partial charge in [0.1, 0.15) is 6.29 Å². The molecule has 0 unspecified atom stereocenters. The zero-order chi connectivity index (χ0) is 29.9. The quantitative estimate of drug-likeness (QED) is 0.208. The highest BCUT2D eigenvalue weighted by Crippen LogP contribution is 2.37. The number of allylic oxidation sites excluding steroid dienone is 1. The number of hydrogen-bond acceptors (Lipinski definition) is 2. The maximum atomic E-state index is 12.5. The minimum Gasteiger partial charge on any atom is -0.298 e. The number of carbonyl (C=O) groups excluding carboxylic acids is 2. The second-order valence-corrected chi connectivity index (χ2v) is 6.99. The lowest BCUT2D eigenvalue weighted by Crippen LogP contribution is -2.19. The van der Waals surface area contributed by atoms with Gasteiger partial charge in [0.05, 0.1) is 22.3 Å². The molecular formula is C21H9F15O2. The Kier molecular flexibility index (Phi) is 9.46. The Hall–Kier alpha value is -3.53. The van der Waals surface area contributed by atoms with Gasteiger partial charge in [-0.25, -0.2) is 0 Å². The molecule has 2 aromatic carbocycles. The van der Waals surface area contributed by atoms with Crippen molar-refractivity contribution in [3.05, 3.63) is 75.9 Å². The van der Waals surface area contributed by atoms with Crippen LogP contribution in [0.15, 0.2) is 42.5 Å². The molecule has 0 heterocycles. The van der Waals surface area contributed by atoms with Crippen molar-refractivity contribution in [3.63, 3.8) is 0 Å². The van der Waals surface area contributed by atoms with Crippen molar-refractivity contribution >= 4 is 18.1 Å². The lowest BCUT2D eigenvalue weighted by Gasteiger charge is -2.12. The molecule has 0 aliphatic heterocycles. The second-order valence-electron chi connectivity index (χ2n) is 6.99. The summed E-state index contributed by atoms with van der Waals surface area (Å²) in [7, 11) is 0. The maximum absolute atomic E-state index is 12.5. The highest BCUT2D eigenvalue weighted by molar-refractivity contribution is 5.97. The van der Waals surface area contributed by atoms with Gasteiger partial charge in [0, 0.05) is 5.56 Å². The van der Waals surface area contributed by atoms with E-state index < -0.39 is 70.0 Å². The van der Waals surface area contributed by atoms with Crippen LogP contribution in [-0.4, -0.2) is 18.2 Å². The Labute approximate surface area is 201 Å². The summed E-state index contributed by atoms with van der Waals surface area (Å²) in [6.07, 6.45) is -25.3. The number of carbonyl (C=O) groups is 2. The van der Waals surface area contributed by atoms with E-state index in [4.69, 9.17) is 0 Å². The average molecular weight is 578 g/mol. The van der Waals surface area contributed by atoms with Crippen molar-refractivity contribution in [1.82, 2.24) is 0 Å². The summed E-state index contributed by atoms with van der Waals surface area (Å²) in [6.45, 7) is 0. The van der Waals surface area contributed by atoms with Crippen LogP contribution in [0.25, 0.3) is 6.08 Å². The van der Waals surface area contributed by atoms with E-state index in [0.29, 0.717) is 12.1 Å². The molecule has 0 amide bonds. The molecule has 17 heteroatoms. The molecule has 0 atom stereocenters. The van der Waals surface area contributed by atoms with Gasteiger partial charge in [-0.1, -0.05) is 6.08 Å². The fourth-order valence-electron chi connectivity index (χ4n) is 2.39. The van der Waals surface area contributed by atoms with Crippen LogP contribution < -0.4 is 0 Å². The molecule has 0 radical (unpaired) electrons. The first-order valence-corrected chi connectivity index (χ1v) is 9.19. The van der Waals surface area contributed by atoms with Crippen LogP contribution in [0, 0.1) is 0 Å². The topological polar surface area (TPSA) is 34.1 Å². The molecule has 0 N–H and O–H groups in total. The smallest absolute Gasteiger partial charge is 0.298 e. The van der Waals surface area contributed by atoms with Gasteiger partial charge in [0.25, 0.3) is 5.78 Å². The average Bonchev–Trinajstić information content (AvgIpc) is 2.74. The molecule has 2 nitrogen and oxygen atoms in total. The van der Waals surface area contributed by atoms with E-state index in [1.54, 1.807) is 0 Å². The summed E-state index contributed by atoms with van der Waals surface area (Å²) in [5, 5.41) is 0. The van der Waals surface area contributed by atoms with E-state index in [2.05, 4.69) is 0 Å². The van der Waals surface area contributed by atoms with Gasteiger partial charge in [-0.15, -0.1) is 0 Å². The standard InChI is InChI=1S/C12H5F9O.C9H4F6O/c13-10(14,15)7-3-6(1-2-9(22)12(19,20)21)4-8(5-7)11(16,17)18;10-8(11,12)6-1-5(4-16)2-7(3-6)9(13,14)15/h1-5H;1-4H/b2-1+;. The molecule has 2 rings (SSSR count). The van der Waals surface area contributed by atoms with Crippen molar-refractivity contribution in [1.29, 1.82) is 0 Å². The summed E-state index contributed by atoms with van der Waals surface area (Å²) < 4.78 is 184. The van der Waals surface area contributed by atoms with E-state index in [1.807, 2.05) is 0 Å². The maximum Gasteiger partial charge on any atom is 0.454 e. The van der Waals surface area contributed by atoms with E-state index >= 15 is 0 Å². The highest BCUT2D eigenvalue weighted by atomic mass is 19.4. The molecule has 0 bridgehead atoms. The van der Waals surface area contributed by atoms with Crippen molar-refractivity contribution in [2.24, 2.45) is 0 Å². The van der Waals surface area contributed by atoms with Crippen molar-refractivity contribution in [3.8, 4) is 0 Å². The molecule has 0 aliphatic rings. The number of hydrogen-bond donors (Lipinski definition) is 0. The van der Waals surface area contributed by atoms with Gasteiger partial charge >= 0.3 is 30.9 Å². The Morgan fingerprint density at radius 1 is 0.500 bits per heavy atom. The lowest BCUT2D eigenvalue weighted by molar-refractivity contribution is -0.165. The number of aldehydes is 1. The normalized spacial score (nSPS) is 13.2. The molecule has 210 valence electrons. The summed E-state index contributed by atoms with van der Waals surface area (Å²) in [5.41, 5.74) is -7.88. The number of ketones is 1. The van der Waals surface area contributed by atoms with Gasteiger partial charge in [-0.3, -0.25) is 9.59 Å². The van der Waals surface area contributed by atoms with E-state index in [0.717, 1.165) is 0 Å².